The maximum absolute atomic E-state index is 12.4. The van der Waals surface area contributed by atoms with Gasteiger partial charge in [-0.1, -0.05) is 0 Å². The molecule has 0 radical (unpaired) electrons. The van der Waals surface area contributed by atoms with Crippen molar-refractivity contribution in [2.45, 2.75) is 25.8 Å². The minimum absolute atomic E-state index is 0.104. The van der Waals surface area contributed by atoms with Crippen molar-refractivity contribution >= 4 is 12.0 Å². The molecule has 0 bridgehead atoms. The van der Waals surface area contributed by atoms with E-state index >= 15 is 0 Å². The molecular formula is C18H23N5O4. The molecule has 27 heavy (non-hydrogen) atoms. The van der Waals surface area contributed by atoms with Gasteiger partial charge >= 0.3 is 6.09 Å². The fraction of sp³-hybridized carbons (Fsp3) is 0.444. The van der Waals surface area contributed by atoms with Crippen molar-refractivity contribution in [3.05, 3.63) is 34.6 Å². The van der Waals surface area contributed by atoms with E-state index in [4.69, 9.17) is 9.47 Å². The van der Waals surface area contributed by atoms with E-state index in [2.05, 4.69) is 20.5 Å². The van der Waals surface area contributed by atoms with E-state index in [1.165, 1.54) is 0 Å². The maximum atomic E-state index is 12.4. The summed E-state index contributed by atoms with van der Waals surface area (Å²) in [5.41, 5.74) is 0.598. The first-order valence-corrected chi connectivity index (χ1v) is 8.90. The van der Waals surface area contributed by atoms with Gasteiger partial charge in [-0.3, -0.25) is 9.78 Å². The number of carbonyl (C=O) groups is 1. The van der Waals surface area contributed by atoms with Crippen molar-refractivity contribution < 1.29 is 14.3 Å². The number of methoxy groups -OCH3 is 1. The van der Waals surface area contributed by atoms with Crippen LogP contribution in [0.25, 0.3) is 11.3 Å². The summed E-state index contributed by atoms with van der Waals surface area (Å²) < 4.78 is 10.1. The molecule has 2 aromatic rings. The van der Waals surface area contributed by atoms with Crippen molar-refractivity contribution in [1.82, 2.24) is 20.1 Å². The molecule has 0 saturated carbocycles. The number of amides is 1. The maximum Gasteiger partial charge on any atom is 0.409 e. The van der Waals surface area contributed by atoms with Crippen molar-refractivity contribution in [2.24, 2.45) is 0 Å². The predicted octanol–water partition coefficient (Wildman–Crippen LogP) is 1.87. The number of hydrogen-bond donors (Lipinski definition) is 2. The number of nitrogens with one attached hydrogen (secondary N) is 2. The van der Waals surface area contributed by atoms with Crippen molar-refractivity contribution in [3.63, 3.8) is 0 Å². The van der Waals surface area contributed by atoms with Crippen LogP contribution in [0, 0.1) is 0 Å². The lowest BCUT2D eigenvalue weighted by Crippen LogP contribution is -2.43. The van der Waals surface area contributed by atoms with Gasteiger partial charge in [0.15, 0.2) is 5.69 Å². The lowest BCUT2D eigenvalue weighted by atomic mass is 10.1. The Hall–Kier alpha value is -3.10. The molecule has 0 atom stereocenters. The van der Waals surface area contributed by atoms with E-state index in [0.717, 1.165) is 12.8 Å². The number of nitrogens with zero attached hydrogens (tertiary/aromatic N) is 3. The second kappa shape index (κ2) is 8.52. The van der Waals surface area contributed by atoms with Gasteiger partial charge < -0.3 is 19.7 Å². The lowest BCUT2D eigenvalue weighted by molar-refractivity contribution is 0.0983. The molecule has 0 spiro atoms. The Labute approximate surface area is 156 Å². The number of ether oxygens (including phenoxy) is 2. The molecule has 1 fully saturated rings. The minimum atomic E-state index is -0.318. The van der Waals surface area contributed by atoms with Gasteiger partial charge in [-0.15, -0.1) is 10.2 Å². The Morgan fingerprint density at radius 3 is 2.56 bits per heavy atom. The average Bonchev–Trinajstić information content (AvgIpc) is 2.69. The number of benzene rings is 1. The molecule has 0 unspecified atom stereocenters. The SMILES string of the molecule is CCOC(=O)N1CCC(Nc2nnc(-c3ccc(OC)cc3)c(=O)[nH]2)CC1. The van der Waals surface area contributed by atoms with Gasteiger partial charge in [0.05, 0.1) is 13.7 Å². The second-order valence-corrected chi connectivity index (χ2v) is 6.18. The molecule has 2 heterocycles. The molecule has 1 aromatic heterocycles. The van der Waals surface area contributed by atoms with Crippen LogP contribution in [0.15, 0.2) is 29.1 Å². The first-order valence-electron chi connectivity index (χ1n) is 8.90. The summed E-state index contributed by atoms with van der Waals surface area (Å²) in [4.78, 5) is 28.5. The highest BCUT2D eigenvalue weighted by atomic mass is 16.6. The molecule has 0 aliphatic carbocycles. The largest absolute Gasteiger partial charge is 0.497 e. The molecule has 9 nitrogen and oxygen atoms in total. The van der Waals surface area contributed by atoms with Crippen molar-refractivity contribution in [2.75, 3.05) is 32.1 Å². The summed E-state index contributed by atoms with van der Waals surface area (Å²) in [5, 5.41) is 11.3. The van der Waals surface area contributed by atoms with E-state index in [-0.39, 0.29) is 23.4 Å². The van der Waals surface area contributed by atoms with Crippen LogP contribution < -0.4 is 15.6 Å². The normalized spacial score (nSPS) is 14.7. The van der Waals surface area contributed by atoms with Crippen molar-refractivity contribution in [1.29, 1.82) is 0 Å². The molecule has 1 amide bonds. The summed E-state index contributed by atoms with van der Waals surface area (Å²) in [7, 11) is 1.58. The van der Waals surface area contributed by atoms with Crippen LogP contribution in [0.2, 0.25) is 0 Å². The third kappa shape index (κ3) is 4.55. The average molecular weight is 373 g/mol. The smallest absolute Gasteiger partial charge is 0.409 e. The summed E-state index contributed by atoms with van der Waals surface area (Å²) in [6.45, 7) is 3.35. The topological polar surface area (TPSA) is 109 Å². The van der Waals surface area contributed by atoms with Gasteiger partial charge in [0.1, 0.15) is 5.75 Å². The summed E-state index contributed by atoms with van der Waals surface area (Å²) in [6.07, 6.45) is 1.19. The van der Waals surface area contributed by atoms with Crippen LogP contribution >= 0.6 is 0 Å². The molecule has 1 aliphatic rings. The first-order chi connectivity index (χ1) is 13.1. The number of likely N-dealkylation sites (tertiary alicyclic amines) is 1. The van der Waals surface area contributed by atoms with E-state index in [0.29, 0.717) is 37.0 Å². The Bertz CT molecular complexity index is 828. The predicted molar refractivity (Wildman–Crippen MR) is 99.9 cm³/mol. The van der Waals surface area contributed by atoms with Crippen LogP contribution in [0.1, 0.15) is 19.8 Å². The number of hydrogen-bond acceptors (Lipinski definition) is 7. The third-order valence-electron chi connectivity index (χ3n) is 4.42. The standard InChI is InChI=1S/C18H23N5O4/c1-3-27-18(25)23-10-8-13(9-11-23)19-17-20-16(24)15(21-22-17)12-4-6-14(26-2)7-5-12/h4-7,13H,3,8-11H2,1-2H3,(H2,19,20,22,24). The van der Waals surface area contributed by atoms with Crippen LogP contribution in [0.3, 0.4) is 0 Å². The molecule has 144 valence electrons. The zero-order chi connectivity index (χ0) is 19.2. The molecule has 1 aromatic carbocycles. The van der Waals surface area contributed by atoms with Crippen LogP contribution in [0.5, 0.6) is 5.75 Å². The Kier molecular flexibility index (Phi) is 5.90. The molecule has 1 aliphatic heterocycles. The molecule has 3 rings (SSSR count). The van der Waals surface area contributed by atoms with Gasteiger partial charge in [0.2, 0.25) is 5.95 Å². The Morgan fingerprint density at radius 2 is 1.96 bits per heavy atom. The van der Waals surface area contributed by atoms with E-state index in [1.54, 1.807) is 43.2 Å². The second-order valence-electron chi connectivity index (χ2n) is 6.18. The van der Waals surface area contributed by atoms with Gasteiger partial charge in [0.25, 0.3) is 5.56 Å². The van der Waals surface area contributed by atoms with Gasteiger partial charge in [0, 0.05) is 24.7 Å². The fourth-order valence-corrected chi connectivity index (χ4v) is 2.95. The number of aromatic amines is 1. The molecule has 2 N–H and O–H groups in total. The molecule has 9 heteroatoms. The number of anilines is 1. The number of H-pyrrole nitrogens is 1. The fourth-order valence-electron chi connectivity index (χ4n) is 2.95. The first kappa shape index (κ1) is 18.7. The highest BCUT2D eigenvalue weighted by molar-refractivity contribution is 5.67. The zero-order valence-electron chi connectivity index (χ0n) is 15.4. The zero-order valence-corrected chi connectivity index (χ0v) is 15.4. The number of rotatable bonds is 5. The summed E-state index contributed by atoms with van der Waals surface area (Å²) in [5.74, 6) is 1.03. The highest BCUT2D eigenvalue weighted by Crippen LogP contribution is 2.18. The third-order valence-corrected chi connectivity index (χ3v) is 4.42. The quantitative estimate of drug-likeness (QED) is 0.823. The van der Waals surface area contributed by atoms with Crippen molar-refractivity contribution in [3.8, 4) is 17.0 Å². The molecule has 1 saturated heterocycles. The summed E-state index contributed by atoms with van der Waals surface area (Å²) >= 11 is 0. The van der Waals surface area contributed by atoms with Crippen LogP contribution in [-0.2, 0) is 4.74 Å². The van der Waals surface area contributed by atoms with Gasteiger partial charge in [-0.05, 0) is 44.0 Å². The number of aromatic nitrogens is 3. The van der Waals surface area contributed by atoms with Crippen LogP contribution in [-0.4, -0.2) is 59.0 Å². The van der Waals surface area contributed by atoms with Gasteiger partial charge in [-0.25, -0.2) is 4.79 Å². The van der Waals surface area contributed by atoms with Gasteiger partial charge in [-0.2, -0.15) is 0 Å². The van der Waals surface area contributed by atoms with E-state index in [1.807, 2.05) is 0 Å². The van der Waals surface area contributed by atoms with Crippen LogP contribution in [0.4, 0.5) is 10.7 Å². The Morgan fingerprint density at radius 1 is 1.26 bits per heavy atom. The lowest BCUT2D eigenvalue weighted by Gasteiger charge is -2.31. The monoisotopic (exact) mass is 373 g/mol. The van der Waals surface area contributed by atoms with E-state index < -0.39 is 0 Å². The minimum Gasteiger partial charge on any atom is -0.497 e. The Balaban J connectivity index is 1.61. The number of piperidine rings is 1. The number of carbonyl (C=O) groups excluding carboxylic acids is 1. The van der Waals surface area contributed by atoms with E-state index in [9.17, 15) is 9.59 Å². The molecular weight excluding hydrogens is 350 g/mol. The summed E-state index contributed by atoms with van der Waals surface area (Å²) in [6, 6.07) is 7.15. The highest BCUT2D eigenvalue weighted by Gasteiger charge is 2.24.